The van der Waals surface area contributed by atoms with Gasteiger partial charge in [0.15, 0.2) is 0 Å². The predicted octanol–water partition coefficient (Wildman–Crippen LogP) is 1.30. The molecule has 1 unspecified atom stereocenters. The molecule has 1 N–H and O–H groups in total. The van der Waals surface area contributed by atoms with Gasteiger partial charge in [-0.3, -0.25) is 4.79 Å². The Morgan fingerprint density at radius 1 is 1.38 bits per heavy atom. The molecular weight excluding hydrogens is 170 g/mol. The van der Waals surface area contributed by atoms with Crippen LogP contribution in [0.1, 0.15) is 34.1 Å². The Bertz CT molecular complexity index is 235. The highest BCUT2D eigenvalue weighted by Gasteiger charge is 2.55. The molecule has 1 fully saturated rings. The van der Waals surface area contributed by atoms with Gasteiger partial charge in [-0.1, -0.05) is 0 Å². The summed E-state index contributed by atoms with van der Waals surface area (Å²) in [6.45, 7) is 6.94. The van der Waals surface area contributed by atoms with E-state index in [2.05, 4.69) is 0 Å². The number of hydroxylamine groups is 2. The summed E-state index contributed by atoms with van der Waals surface area (Å²) in [4.78, 5) is 10.9. The van der Waals surface area contributed by atoms with Crippen molar-refractivity contribution in [2.24, 2.45) is 5.92 Å². The van der Waals surface area contributed by atoms with E-state index >= 15 is 0 Å². The molecule has 0 aromatic rings. The molecule has 0 saturated carbocycles. The SMILES string of the molecule is CC1(C)CC(C(=O)O)C(C)(C)[14N]1[O]. The molecule has 4 heteroatoms. The molecule has 4 nitrogen and oxygen atoms in total. The normalized spacial score (nSPS) is 31.9. The van der Waals surface area contributed by atoms with Crippen LogP contribution in [-0.2, 0) is 10.0 Å². The largest absolute Gasteiger partial charge is 0.481 e. The van der Waals surface area contributed by atoms with Crippen molar-refractivity contribution >= 4 is 5.97 Å². The van der Waals surface area contributed by atoms with Gasteiger partial charge in [-0.2, -0.15) is 0 Å². The quantitative estimate of drug-likeness (QED) is 0.671. The smallest absolute Gasteiger partial charge is 0.308 e. The maximum absolute atomic E-state index is 11.7. The fraction of sp³-hybridized carbons (Fsp3) is 0.889. The van der Waals surface area contributed by atoms with Crippen LogP contribution in [0.5, 0.6) is 0 Å². The number of carbonyl (C=O) groups is 1. The molecule has 0 aliphatic carbocycles. The summed E-state index contributed by atoms with van der Waals surface area (Å²) in [7, 11) is 0. The van der Waals surface area contributed by atoms with Crippen LogP contribution in [0, 0.1) is 5.92 Å². The molecule has 0 bridgehead atoms. The number of aliphatic carboxylic acids is 1. The Balaban J connectivity index is 3.00. The van der Waals surface area contributed by atoms with Crippen molar-refractivity contribution < 1.29 is 15.1 Å². The third kappa shape index (κ3) is 1.44. The van der Waals surface area contributed by atoms with Gasteiger partial charge in [0.1, 0.15) is 0 Å². The molecule has 1 saturated heterocycles. The van der Waals surface area contributed by atoms with Gasteiger partial charge in [0.05, 0.1) is 11.5 Å². The molecule has 0 spiro atoms. The van der Waals surface area contributed by atoms with Crippen LogP contribution in [0.2, 0.25) is 0 Å². The van der Waals surface area contributed by atoms with Crippen molar-refractivity contribution in [3.05, 3.63) is 0 Å². The summed E-state index contributed by atoms with van der Waals surface area (Å²) in [5.74, 6) is -1.45. The van der Waals surface area contributed by atoms with Crippen LogP contribution in [0.15, 0.2) is 0 Å². The second-order valence-electron chi connectivity index (χ2n) is 4.86. The van der Waals surface area contributed by atoms with E-state index in [0.717, 1.165) is 5.06 Å². The zero-order chi connectivity index (χ0) is 10.4. The summed E-state index contributed by atoms with van der Waals surface area (Å²) >= 11 is 0. The number of carboxylic acid groups (broad SMARTS) is 1. The molecule has 0 amide bonds. The fourth-order valence-corrected chi connectivity index (χ4v) is 2.14. The summed E-state index contributed by atoms with van der Waals surface area (Å²) < 4.78 is 0. The van der Waals surface area contributed by atoms with Gasteiger partial charge in [0, 0.05) is 5.54 Å². The molecule has 1 aliphatic heterocycles. The van der Waals surface area contributed by atoms with Gasteiger partial charge in [-0.25, -0.2) is 0 Å². The average Bonchev–Trinajstić information content (AvgIpc) is 2.11. The molecule has 1 rings (SSSR count). The zero-order valence-corrected chi connectivity index (χ0v) is 8.50. The molecule has 0 aromatic heterocycles. The first kappa shape index (κ1) is 10.5. The summed E-state index contributed by atoms with van der Waals surface area (Å²) in [6, 6.07) is 0. The Labute approximate surface area is 78.1 Å². The van der Waals surface area contributed by atoms with E-state index < -0.39 is 23.0 Å². The maximum atomic E-state index is 11.7. The number of rotatable bonds is 1. The second-order valence-corrected chi connectivity index (χ2v) is 4.86. The van der Waals surface area contributed by atoms with Crippen LogP contribution < -0.4 is 0 Å². The van der Waals surface area contributed by atoms with Crippen molar-refractivity contribution in [2.75, 3.05) is 0 Å². The predicted molar refractivity (Wildman–Crippen MR) is 46.4 cm³/mol. The lowest BCUT2D eigenvalue weighted by molar-refractivity contribution is -0.248. The Morgan fingerprint density at radius 2 is 1.85 bits per heavy atom. The van der Waals surface area contributed by atoms with Gasteiger partial charge in [-0.15, -0.1) is 10.3 Å². The highest BCUT2D eigenvalue weighted by atomic mass is 16.5. The maximum Gasteiger partial charge on any atom is 0.308 e. The lowest BCUT2D eigenvalue weighted by Gasteiger charge is -2.32. The van der Waals surface area contributed by atoms with Crippen molar-refractivity contribution in [3.63, 3.8) is 0 Å². The van der Waals surface area contributed by atoms with E-state index in [-0.39, 0.29) is 0 Å². The van der Waals surface area contributed by atoms with Gasteiger partial charge in [0.25, 0.3) is 0 Å². The van der Waals surface area contributed by atoms with Gasteiger partial charge in [-0.05, 0) is 34.1 Å². The van der Waals surface area contributed by atoms with Crippen molar-refractivity contribution in [3.8, 4) is 0 Å². The van der Waals surface area contributed by atoms with E-state index in [1.165, 1.54) is 0 Å². The second kappa shape index (κ2) is 2.69. The third-order valence-corrected chi connectivity index (χ3v) is 2.93. The van der Waals surface area contributed by atoms with Crippen LogP contribution in [-0.4, -0.2) is 27.2 Å². The molecule has 0 aromatic carbocycles. The van der Waals surface area contributed by atoms with E-state index in [0.29, 0.717) is 6.42 Å². The minimum Gasteiger partial charge on any atom is -0.481 e. The highest BCUT2D eigenvalue weighted by Crippen LogP contribution is 2.43. The zero-order valence-electron chi connectivity index (χ0n) is 8.50. The van der Waals surface area contributed by atoms with Gasteiger partial charge < -0.3 is 5.11 Å². The van der Waals surface area contributed by atoms with E-state index in [1.54, 1.807) is 27.7 Å². The van der Waals surface area contributed by atoms with Crippen molar-refractivity contribution in [1.29, 1.82) is 0 Å². The summed E-state index contributed by atoms with van der Waals surface area (Å²) in [6.07, 6.45) is 0.416. The fourth-order valence-electron chi connectivity index (χ4n) is 2.14. The molecule has 1 atom stereocenters. The Morgan fingerprint density at radius 3 is 2.00 bits per heavy atom. The minimum absolute atomic E-state index is 0.416. The standard InChI is InChI=1S/C9H16NO3/c1-8(2)5-6(7(11)12)9(3,4)10(8)13/h6H,5H2,1-4H3,(H,11,12)/i10+0. The molecular formula is C9H16NO3. The van der Waals surface area contributed by atoms with Gasteiger partial charge in [0.2, 0.25) is 0 Å². The van der Waals surface area contributed by atoms with E-state index in [1.807, 2.05) is 0 Å². The van der Waals surface area contributed by atoms with Crippen molar-refractivity contribution in [2.45, 2.75) is 45.2 Å². The lowest BCUT2D eigenvalue weighted by atomic mass is 9.87. The van der Waals surface area contributed by atoms with Gasteiger partial charge >= 0.3 is 5.97 Å². The Kier molecular flexibility index (Phi) is 2.16. The topological polar surface area (TPSA) is 60.4 Å². The molecule has 13 heavy (non-hydrogen) atoms. The van der Waals surface area contributed by atoms with Crippen LogP contribution in [0.25, 0.3) is 0 Å². The highest BCUT2D eigenvalue weighted by molar-refractivity contribution is 5.72. The molecule has 75 valence electrons. The molecule has 1 radical (unpaired) electrons. The van der Waals surface area contributed by atoms with Crippen LogP contribution in [0.4, 0.5) is 0 Å². The number of carboxylic acids is 1. The molecule has 1 aliphatic rings. The number of hydrogen-bond acceptors (Lipinski definition) is 2. The van der Waals surface area contributed by atoms with E-state index in [9.17, 15) is 10.0 Å². The summed E-state index contributed by atoms with van der Waals surface area (Å²) in [5.41, 5.74) is -1.36. The van der Waals surface area contributed by atoms with Crippen molar-refractivity contribution in [1.82, 2.24) is 5.06 Å². The lowest BCUT2D eigenvalue weighted by Crippen LogP contribution is -2.47. The third-order valence-electron chi connectivity index (χ3n) is 2.93. The first-order valence-electron chi connectivity index (χ1n) is 4.40. The average molecular weight is 186 g/mol. The number of nitrogens with zero attached hydrogens (tertiary/aromatic N) is 1. The first-order chi connectivity index (χ1) is 5.69. The first-order valence-corrected chi connectivity index (χ1v) is 4.40. The Hall–Kier alpha value is -0.610. The summed E-state index contributed by atoms with van der Waals surface area (Å²) in [5, 5.41) is 21.6. The van der Waals surface area contributed by atoms with E-state index in [4.69, 9.17) is 5.11 Å². The van der Waals surface area contributed by atoms with Crippen LogP contribution in [0.3, 0.4) is 0 Å². The van der Waals surface area contributed by atoms with Crippen LogP contribution >= 0.6 is 0 Å². The molecule has 1 heterocycles. The monoisotopic (exact) mass is 186 g/mol. The number of hydrogen-bond donors (Lipinski definition) is 1. The minimum atomic E-state index is -0.878.